The van der Waals surface area contributed by atoms with E-state index in [2.05, 4.69) is 20.2 Å². The zero-order chi connectivity index (χ0) is 20.1. The number of carbonyl (C=O) groups is 1. The monoisotopic (exact) mass is 389 g/mol. The van der Waals surface area contributed by atoms with E-state index < -0.39 is 0 Å². The second kappa shape index (κ2) is 8.60. The SMILES string of the molecule is CC(=O)N1CCN(c2cc(Nc3ccc(Oc4ccccc4)cc3)ncn2)CC1. The molecular weight excluding hydrogens is 366 g/mol. The van der Waals surface area contributed by atoms with Gasteiger partial charge < -0.3 is 19.9 Å². The molecule has 7 heteroatoms. The summed E-state index contributed by atoms with van der Waals surface area (Å²) in [5.74, 6) is 3.27. The normalized spacial score (nSPS) is 13.8. The zero-order valence-electron chi connectivity index (χ0n) is 16.3. The van der Waals surface area contributed by atoms with Crippen LogP contribution in [0.25, 0.3) is 0 Å². The van der Waals surface area contributed by atoms with E-state index in [0.29, 0.717) is 13.1 Å². The summed E-state index contributed by atoms with van der Waals surface area (Å²) in [6, 6.07) is 19.3. The molecule has 1 saturated heterocycles. The van der Waals surface area contributed by atoms with E-state index in [4.69, 9.17) is 4.74 Å². The maximum atomic E-state index is 11.5. The van der Waals surface area contributed by atoms with Crippen LogP contribution in [-0.2, 0) is 4.79 Å². The fraction of sp³-hybridized carbons (Fsp3) is 0.227. The summed E-state index contributed by atoms with van der Waals surface area (Å²) >= 11 is 0. The van der Waals surface area contributed by atoms with E-state index in [9.17, 15) is 4.79 Å². The van der Waals surface area contributed by atoms with Crippen molar-refractivity contribution in [2.45, 2.75) is 6.92 Å². The summed E-state index contributed by atoms with van der Waals surface area (Å²) in [5.41, 5.74) is 0.913. The number of amides is 1. The molecule has 0 saturated carbocycles. The Morgan fingerprint density at radius 1 is 0.931 bits per heavy atom. The number of aromatic nitrogens is 2. The Bertz CT molecular complexity index is 954. The minimum Gasteiger partial charge on any atom is -0.457 e. The molecule has 2 aromatic carbocycles. The Kier molecular flexibility index (Phi) is 5.56. The Morgan fingerprint density at radius 3 is 2.31 bits per heavy atom. The third-order valence-corrected chi connectivity index (χ3v) is 4.81. The third kappa shape index (κ3) is 4.82. The van der Waals surface area contributed by atoms with Gasteiger partial charge in [-0.3, -0.25) is 4.79 Å². The number of anilines is 3. The summed E-state index contributed by atoms with van der Waals surface area (Å²) < 4.78 is 5.82. The lowest BCUT2D eigenvalue weighted by atomic mass is 10.3. The number of ether oxygens (including phenoxy) is 1. The van der Waals surface area contributed by atoms with Crippen LogP contribution in [0.2, 0.25) is 0 Å². The Labute approximate surface area is 170 Å². The smallest absolute Gasteiger partial charge is 0.219 e. The van der Waals surface area contributed by atoms with Gasteiger partial charge in [-0.05, 0) is 36.4 Å². The maximum Gasteiger partial charge on any atom is 0.219 e. The quantitative estimate of drug-likeness (QED) is 0.718. The van der Waals surface area contributed by atoms with Crippen LogP contribution in [0.4, 0.5) is 17.3 Å². The first-order valence-corrected chi connectivity index (χ1v) is 9.60. The maximum absolute atomic E-state index is 11.5. The van der Waals surface area contributed by atoms with Gasteiger partial charge in [0.05, 0.1) is 0 Å². The fourth-order valence-electron chi connectivity index (χ4n) is 3.22. The first-order chi connectivity index (χ1) is 14.2. The average molecular weight is 389 g/mol. The molecule has 0 spiro atoms. The van der Waals surface area contributed by atoms with Crippen molar-refractivity contribution in [1.82, 2.24) is 14.9 Å². The molecule has 0 atom stereocenters. The standard InChI is InChI=1S/C22H23N5O2/c1-17(28)26-11-13-27(14-12-26)22-15-21(23-16-24-22)25-18-7-9-20(10-8-18)29-19-5-3-2-4-6-19/h2-10,15-16H,11-14H2,1H3,(H,23,24,25). The molecule has 1 amide bonds. The predicted molar refractivity (Wildman–Crippen MR) is 113 cm³/mol. The molecule has 0 bridgehead atoms. The first kappa shape index (κ1) is 18.7. The van der Waals surface area contributed by atoms with Gasteiger partial charge >= 0.3 is 0 Å². The van der Waals surface area contributed by atoms with Crippen LogP contribution in [0.3, 0.4) is 0 Å². The second-order valence-corrected chi connectivity index (χ2v) is 6.82. The van der Waals surface area contributed by atoms with Crippen molar-refractivity contribution in [2.75, 3.05) is 36.4 Å². The summed E-state index contributed by atoms with van der Waals surface area (Å²) in [5, 5.41) is 3.30. The van der Waals surface area contributed by atoms with E-state index in [-0.39, 0.29) is 5.91 Å². The third-order valence-electron chi connectivity index (χ3n) is 4.81. The average Bonchev–Trinajstić information content (AvgIpc) is 2.76. The molecule has 1 aromatic heterocycles. The van der Waals surface area contributed by atoms with Gasteiger partial charge in [-0.25, -0.2) is 9.97 Å². The van der Waals surface area contributed by atoms with Gasteiger partial charge in [-0.1, -0.05) is 18.2 Å². The highest BCUT2D eigenvalue weighted by Gasteiger charge is 2.19. The Morgan fingerprint density at radius 2 is 1.62 bits per heavy atom. The highest BCUT2D eigenvalue weighted by molar-refractivity contribution is 5.73. The summed E-state index contributed by atoms with van der Waals surface area (Å²) in [7, 11) is 0. The van der Waals surface area contributed by atoms with E-state index in [1.54, 1.807) is 13.3 Å². The predicted octanol–water partition coefficient (Wildman–Crippen LogP) is 3.68. The highest BCUT2D eigenvalue weighted by atomic mass is 16.5. The lowest BCUT2D eigenvalue weighted by Crippen LogP contribution is -2.48. The van der Waals surface area contributed by atoms with Gasteiger partial charge in [0.2, 0.25) is 5.91 Å². The van der Waals surface area contributed by atoms with Gasteiger partial charge in [0, 0.05) is 44.9 Å². The van der Waals surface area contributed by atoms with Crippen molar-refractivity contribution in [3.63, 3.8) is 0 Å². The fourth-order valence-corrected chi connectivity index (χ4v) is 3.22. The van der Waals surface area contributed by atoms with Crippen molar-refractivity contribution in [2.24, 2.45) is 0 Å². The number of piperazine rings is 1. The van der Waals surface area contributed by atoms with E-state index in [0.717, 1.165) is 41.9 Å². The molecule has 29 heavy (non-hydrogen) atoms. The molecule has 4 rings (SSSR count). The van der Waals surface area contributed by atoms with Gasteiger partial charge in [-0.15, -0.1) is 0 Å². The van der Waals surface area contributed by atoms with Gasteiger partial charge in [0.15, 0.2) is 0 Å². The molecule has 1 aliphatic rings. The molecule has 2 heterocycles. The van der Waals surface area contributed by atoms with Crippen LogP contribution < -0.4 is 15.0 Å². The number of para-hydroxylation sites is 1. The molecule has 7 nitrogen and oxygen atoms in total. The van der Waals surface area contributed by atoms with Crippen molar-refractivity contribution in [3.8, 4) is 11.5 Å². The molecule has 3 aromatic rings. The number of nitrogens with zero attached hydrogens (tertiary/aromatic N) is 4. The number of hydrogen-bond donors (Lipinski definition) is 1. The minimum absolute atomic E-state index is 0.120. The van der Waals surface area contributed by atoms with Crippen LogP contribution in [-0.4, -0.2) is 47.0 Å². The molecule has 0 unspecified atom stereocenters. The van der Waals surface area contributed by atoms with Crippen LogP contribution in [0.1, 0.15) is 6.92 Å². The van der Waals surface area contributed by atoms with Crippen molar-refractivity contribution in [3.05, 3.63) is 67.0 Å². The highest BCUT2D eigenvalue weighted by Crippen LogP contribution is 2.25. The molecule has 1 fully saturated rings. The Hall–Kier alpha value is -3.61. The number of hydrogen-bond acceptors (Lipinski definition) is 6. The second-order valence-electron chi connectivity index (χ2n) is 6.82. The van der Waals surface area contributed by atoms with Crippen molar-refractivity contribution in [1.29, 1.82) is 0 Å². The van der Waals surface area contributed by atoms with E-state index >= 15 is 0 Å². The van der Waals surface area contributed by atoms with Crippen LogP contribution >= 0.6 is 0 Å². The molecule has 148 valence electrons. The summed E-state index contributed by atoms with van der Waals surface area (Å²) in [6.45, 7) is 4.57. The molecule has 1 N–H and O–H groups in total. The van der Waals surface area contributed by atoms with Crippen LogP contribution in [0.5, 0.6) is 11.5 Å². The van der Waals surface area contributed by atoms with E-state index in [1.807, 2.05) is 65.6 Å². The molecular formula is C22H23N5O2. The largest absolute Gasteiger partial charge is 0.457 e. The van der Waals surface area contributed by atoms with Crippen molar-refractivity contribution >= 4 is 23.2 Å². The number of benzene rings is 2. The molecule has 1 aliphatic heterocycles. The van der Waals surface area contributed by atoms with Crippen LogP contribution in [0.15, 0.2) is 67.0 Å². The van der Waals surface area contributed by atoms with Gasteiger partial charge in [0.25, 0.3) is 0 Å². The minimum atomic E-state index is 0.120. The topological polar surface area (TPSA) is 70.6 Å². The van der Waals surface area contributed by atoms with Gasteiger partial charge in [-0.2, -0.15) is 0 Å². The summed E-state index contributed by atoms with van der Waals surface area (Å²) in [6.07, 6.45) is 1.56. The lowest BCUT2D eigenvalue weighted by molar-refractivity contribution is -0.129. The van der Waals surface area contributed by atoms with Gasteiger partial charge in [0.1, 0.15) is 29.5 Å². The van der Waals surface area contributed by atoms with E-state index in [1.165, 1.54) is 0 Å². The molecule has 0 aliphatic carbocycles. The Balaban J connectivity index is 1.38. The number of nitrogens with one attached hydrogen (secondary N) is 1. The van der Waals surface area contributed by atoms with Crippen LogP contribution in [0, 0.1) is 0 Å². The zero-order valence-corrected chi connectivity index (χ0v) is 16.3. The number of carbonyl (C=O) groups excluding carboxylic acids is 1. The number of rotatable bonds is 5. The van der Waals surface area contributed by atoms with Crippen molar-refractivity contribution < 1.29 is 9.53 Å². The lowest BCUT2D eigenvalue weighted by Gasteiger charge is -2.34. The first-order valence-electron chi connectivity index (χ1n) is 9.60. The molecule has 0 radical (unpaired) electrons. The summed E-state index contributed by atoms with van der Waals surface area (Å²) in [4.78, 5) is 24.2.